The zero-order chi connectivity index (χ0) is 13.1. The molecule has 1 aliphatic rings. The molecular formula is C17H21NS. The molecule has 3 rings (SSSR count). The van der Waals surface area contributed by atoms with Crippen LogP contribution in [0.25, 0.3) is 0 Å². The largest absolute Gasteiger partial charge is 0.313 e. The van der Waals surface area contributed by atoms with E-state index in [1.165, 1.54) is 30.4 Å². The fraction of sp³-hybridized carbons (Fsp3) is 0.412. The van der Waals surface area contributed by atoms with Crippen LogP contribution in [-0.4, -0.2) is 7.05 Å². The Kier molecular flexibility index (Phi) is 4.00. The maximum atomic E-state index is 3.50. The summed E-state index contributed by atoms with van der Waals surface area (Å²) in [6.45, 7) is 0. The molecule has 0 amide bonds. The van der Waals surface area contributed by atoms with Gasteiger partial charge in [-0.2, -0.15) is 11.3 Å². The van der Waals surface area contributed by atoms with Gasteiger partial charge in [0.15, 0.2) is 0 Å². The van der Waals surface area contributed by atoms with Crippen LogP contribution in [0, 0.1) is 0 Å². The summed E-state index contributed by atoms with van der Waals surface area (Å²) in [5.74, 6) is 0.800. The van der Waals surface area contributed by atoms with Crippen molar-refractivity contribution in [1.29, 1.82) is 0 Å². The molecule has 0 spiro atoms. The number of rotatable bonds is 5. The van der Waals surface area contributed by atoms with E-state index in [-0.39, 0.29) is 0 Å². The molecule has 1 saturated carbocycles. The molecule has 0 bridgehead atoms. The topological polar surface area (TPSA) is 12.0 Å². The zero-order valence-corrected chi connectivity index (χ0v) is 12.2. The lowest BCUT2D eigenvalue weighted by molar-refractivity contribution is 0.412. The van der Waals surface area contributed by atoms with Gasteiger partial charge >= 0.3 is 0 Å². The van der Waals surface area contributed by atoms with Gasteiger partial charge in [-0.15, -0.1) is 0 Å². The minimum atomic E-state index is 0.436. The van der Waals surface area contributed by atoms with Crippen LogP contribution in [0.1, 0.15) is 47.9 Å². The third-order valence-electron chi connectivity index (χ3n) is 4.28. The van der Waals surface area contributed by atoms with Gasteiger partial charge in [-0.25, -0.2) is 0 Å². The molecule has 0 saturated heterocycles. The average molecular weight is 271 g/mol. The van der Waals surface area contributed by atoms with E-state index in [0.29, 0.717) is 6.04 Å². The molecule has 1 aromatic heterocycles. The van der Waals surface area contributed by atoms with E-state index in [0.717, 1.165) is 12.3 Å². The van der Waals surface area contributed by atoms with Crippen molar-refractivity contribution in [3.8, 4) is 0 Å². The molecule has 1 aliphatic carbocycles. The molecule has 0 radical (unpaired) electrons. The third kappa shape index (κ3) is 2.75. The highest BCUT2D eigenvalue weighted by molar-refractivity contribution is 7.07. The first-order valence-corrected chi connectivity index (χ1v) is 8.10. The van der Waals surface area contributed by atoms with Crippen LogP contribution in [0.5, 0.6) is 0 Å². The van der Waals surface area contributed by atoms with E-state index in [9.17, 15) is 0 Å². The Morgan fingerprint density at radius 2 is 2.11 bits per heavy atom. The summed E-state index contributed by atoms with van der Waals surface area (Å²) in [4.78, 5) is 0. The number of hydrogen-bond acceptors (Lipinski definition) is 2. The fourth-order valence-corrected chi connectivity index (χ4v) is 3.61. The Labute approximate surface area is 119 Å². The molecule has 1 atom stereocenters. The van der Waals surface area contributed by atoms with Crippen LogP contribution >= 0.6 is 11.3 Å². The normalized spacial score (nSPS) is 17.1. The minimum Gasteiger partial charge on any atom is -0.313 e. The highest BCUT2D eigenvalue weighted by atomic mass is 32.1. The number of nitrogens with one attached hydrogen (secondary N) is 1. The Hall–Kier alpha value is -1.12. The molecule has 1 nitrogen and oxygen atoms in total. The predicted molar refractivity (Wildman–Crippen MR) is 82.9 cm³/mol. The fourth-order valence-electron chi connectivity index (χ4n) is 2.93. The van der Waals surface area contributed by atoms with Gasteiger partial charge < -0.3 is 5.32 Å². The van der Waals surface area contributed by atoms with E-state index < -0.39 is 0 Å². The maximum Gasteiger partial charge on any atom is 0.0361 e. The lowest BCUT2D eigenvalue weighted by Gasteiger charge is -2.30. The third-order valence-corrected chi connectivity index (χ3v) is 5.02. The van der Waals surface area contributed by atoms with Gasteiger partial charge in [0, 0.05) is 6.04 Å². The monoisotopic (exact) mass is 271 g/mol. The van der Waals surface area contributed by atoms with Crippen LogP contribution in [0.15, 0.2) is 41.1 Å². The van der Waals surface area contributed by atoms with E-state index in [1.807, 2.05) is 0 Å². The molecule has 19 heavy (non-hydrogen) atoms. The van der Waals surface area contributed by atoms with Gasteiger partial charge in [-0.05, 0) is 65.7 Å². The smallest absolute Gasteiger partial charge is 0.0361 e. The number of hydrogen-bond donors (Lipinski definition) is 1. The molecule has 1 aromatic carbocycles. The molecule has 100 valence electrons. The lowest BCUT2D eigenvalue weighted by atomic mass is 9.76. The molecule has 2 heteroatoms. The van der Waals surface area contributed by atoms with Crippen molar-refractivity contribution in [2.24, 2.45) is 0 Å². The quantitative estimate of drug-likeness (QED) is 0.843. The first-order valence-electron chi connectivity index (χ1n) is 7.15. The van der Waals surface area contributed by atoms with Gasteiger partial charge in [-0.3, -0.25) is 0 Å². The summed E-state index contributed by atoms with van der Waals surface area (Å²) in [6, 6.07) is 11.7. The highest BCUT2D eigenvalue weighted by Crippen LogP contribution is 2.39. The molecular weight excluding hydrogens is 250 g/mol. The Morgan fingerprint density at radius 3 is 2.74 bits per heavy atom. The number of benzene rings is 1. The molecule has 1 N–H and O–H groups in total. The van der Waals surface area contributed by atoms with Gasteiger partial charge in [0.25, 0.3) is 0 Å². The van der Waals surface area contributed by atoms with Gasteiger partial charge in [0.2, 0.25) is 0 Å². The number of likely N-dealkylation sites (N-methyl/N-ethyl adjacent to an activating group) is 1. The van der Waals surface area contributed by atoms with Crippen molar-refractivity contribution < 1.29 is 0 Å². The maximum absolute atomic E-state index is 3.50. The molecule has 0 aliphatic heterocycles. The van der Waals surface area contributed by atoms with Crippen LogP contribution in [-0.2, 0) is 6.42 Å². The van der Waals surface area contributed by atoms with Crippen LogP contribution in [0.2, 0.25) is 0 Å². The summed E-state index contributed by atoms with van der Waals surface area (Å²) in [5.41, 5.74) is 4.51. The molecule has 1 unspecified atom stereocenters. The van der Waals surface area contributed by atoms with Crippen molar-refractivity contribution in [2.45, 2.75) is 37.6 Å². The summed E-state index contributed by atoms with van der Waals surface area (Å²) in [6.07, 6.45) is 5.22. The molecule has 1 heterocycles. The van der Waals surface area contributed by atoms with Crippen LogP contribution in [0.4, 0.5) is 0 Å². The lowest BCUT2D eigenvalue weighted by Crippen LogP contribution is -2.22. The Bertz CT molecular complexity index is 514. The standard InChI is InChI=1S/C17H21NS/c1-18-17(11-13-9-10-19-12-13)16-8-3-2-7-15(16)14-5-4-6-14/h2-3,7-10,12,14,17-18H,4-6,11H2,1H3. The summed E-state index contributed by atoms with van der Waals surface area (Å²) >= 11 is 1.79. The molecule has 1 fully saturated rings. The summed E-state index contributed by atoms with van der Waals surface area (Å²) in [7, 11) is 2.08. The zero-order valence-electron chi connectivity index (χ0n) is 11.4. The first-order chi connectivity index (χ1) is 9.38. The van der Waals surface area contributed by atoms with Crippen LogP contribution < -0.4 is 5.32 Å². The Morgan fingerprint density at radius 1 is 1.26 bits per heavy atom. The van der Waals surface area contributed by atoms with Crippen molar-refractivity contribution in [2.75, 3.05) is 7.05 Å². The average Bonchev–Trinajstić information content (AvgIpc) is 2.88. The second-order valence-electron chi connectivity index (χ2n) is 5.43. The van der Waals surface area contributed by atoms with Crippen molar-refractivity contribution in [3.63, 3.8) is 0 Å². The van der Waals surface area contributed by atoms with Gasteiger partial charge in [-0.1, -0.05) is 30.7 Å². The van der Waals surface area contributed by atoms with E-state index in [4.69, 9.17) is 0 Å². The minimum absolute atomic E-state index is 0.436. The second kappa shape index (κ2) is 5.89. The second-order valence-corrected chi connectivity index (χ2v) is 6.21. The summed E-state index contributed by atoms with van der Waals surface area (Å²) < 4.78 is 0. The highest BCUT2D eigenvalue weighted by Gasteiger charge is 2.24. The SMILES string of the molecule is CNC(Cc1ccsc1)c1ccccc1C1CCC1. The van der Waals surface area contributed by atoms with Gasteiger partial charge in [0.05, 0.1) is 0 Å². The van der Waals surface area contributed by atoms with E-state index in [2.05, 4.69) is 53.5 Å². The summed E-state index contributed by atoms with van der Waals surface area (Å²) in [5, 5.41) is 7.93. The molecule has 2 aromatic rings. The van der Waals surface area contributed by atoms with E-state index >= 15 is 0 Å². The van der Waals surface area contributed by atoms with Crippen molar-refractivity contribution in [1.82, 2.24) is 5.32 Å². The Balaban J connectivity index is 1.86. The van der Waals surface area contributed by atoms with Gasteiger partial charge in [0.1, 0.15) is 0 Å². The predicted octanol–water partition coefficient (Wildman–Crippen LogP) is 4.52. The van der Waals surface area contributed by atoms with E-state index in [1.54, 1.807) is 16.9 Å². The van der Waals surface area contributed by atoms with Crippen molar-refractivity contribution >= 4 is 11.3 Å². The first kappa shape index (κ1) is 12.9. The van der Waals surface area contributed by atoms with Crippen molar-refractivity contribution in [3.05, 3.63) is 57.8 Å². The number of thiophene rings is 1. The van der Waals surface area contributed by atoms with Crippen LogP contribution in [0.3, 0.4) is 0 Å².